The Labute approximate surface area is 105 Å². The molecular weight excluding hydrogens is 267 g/mol. The maximum atomic E-state index is 7.88. The molecule has 1 rings (SSSR count). The van der Waals surface area contributed by atoms with Crippen molar-refractivity contribution in [3.63, 3.8) is 0 Å². The quantitative estimate of drug-likeness (QED) is 0.462. The first kappa shape index (κ1) is 11.7. The molecule has 0 saturated carbocycles. The Kier molecular flexibility index (Phi) is 6.13. The molecule has 3 heteroatoms. The number of rotatable bonds is 5. The molecule has 0 fully saturated rings. The van der Waals surface area contributed by atoms with Crippen molar-refractivity contribution in [2.24, 2.45) is 0 Å². The van der Waals surface area contributed by atoms with E-state index >= 15 is 0 Å². The topological polar surface area (TPSA) is 18.5 Å². The molecule has 0 amide bonds. The Morgan fingerprint density at radius 1 is 1.25 bits per heavy atom. The van der Waals surface area contributed by atoms with Crippen molar-refractivity contribution in [3.8, 4) is 10.7 Å². The maximum absolute atomic E-state index is 7.88. The summed E-state index contributed by atoms with van der Waals surface area (Å²) in [6.07, 6.45) is -1.51. The fourth-order valence-electron chi connectivity index (χ4n) is 0.991. The van der Waals surface area contributed by atoms with Crippen LogP contribution in [-0.4, -0.2) is 34.4 Å². The second-order valence-electron chi connectivity index (χ2n) is 2.80. The van der Waals surface area contributed by atoms with Crippen LogP contribution in [0.5, 0.6) is 0 Å². The van der Waals surface area contributed by atoms with Gasteiger partial charge in [0, 0.05) is 0 Å². The molecule has 0 saturated heterocycles. The van der Waals surface area contributed by atoms with Crippen LogP contribution >= 0.6 is 0 Å². The molecule has 0 N–H and O–H groups in total. The zero-order valence-electron chi connectivity index (χ0n) is 10.5. The van der Waals surface area contributed by atoms with Crippen LogP contribution in [0, 0.1) is 10.7 Å². The van der Waals surface area contributed by atoms with Crippen LogP contribution in [0.15, 0.2) is 30.3 Å². The van der Waals surface area contributed by atoms with Crippen molar-refractivity contribution in [2.45, 2.75) is 20.1 Å². The fraction of sp³-hybridized carbons (Fsp3) is 0.385. The average Bonchev–Trinajstić information content (AvgIpc) is 2.31. The third kappa shape index (κ3) is 5.34. The van der Waals surface area contributed by atoms with Crippen LogP contribution in [0.25, 0.3) is 0 Å². The molecular formula is C13H16O2Se. The van der Waals surface area contributed by atoms with Crippen molar-refractivity contribution >= 4 is 19.4 Å². The Morgan fingerprint density at radius 3 is 2.44 bits per heavy atom. The first-order chi connectivity index (χ1) is 8.20. The van der Waals surface area contributed by atoms with Crippen LogP contribution < -0.4 is 4.46 Å². The first-order valence-electron chi connectivity index (χ1n) is 5.72. The molecule has 16 heavy (non-hydrogen) atoms. The van der Waals surface area contributed by atoms with E-state index < -0.39 is 6.27 Å². The number of hydrogen-bond acceptors (Lipinski definition) is 2. The zero-order chi connectivity index (χ0) is 12.6. The Hall–Kier alpha value is -0.781. The summed E-state index contributed by atoms with van der Waals surface area (Å²) in [6, 6.07) is 10.0. The van der Waals surface area contributed by atoms with Crippen LogP contribution in [0.3, 0.4) is 0 Å². The molecule has 0 aliphatic rings. The molecule has 0 radical (unpaired) electrons. The summed E-state index contributed by atoms with van der Waals surface area (Å²) in [6.45, 7) is 4.48. The van der Waals surface area contributed by atoms with E-state index in [4.69, 9.17) is 10.8 Å². The van der Waals surface area contributed by atoms with Gasteiger partial charge in [0.15, 0.2) is 0 Å². The van der Waals surface area contributed by atoms with Gasteiger partial charge in [-0.2, -0.15) is 0 Å². The predicted molar refractivity (Wildman–Crippen MR) is 66.6 cm³/mol. The monoisotopic (exact) mass is 285 g/mol. The van der Waals surface area contributed by atoms with Crippen LogP contribution in [-0.2, 0) is 9.47 Å². The molecule has 0 bridgehead atoms. The second-order valence-corrected chi connectivity index (χ2v) is 4.64. The Balaban J connectivity index is 2.62. The third-order valence-electron chi connectivity index (χ3n) is 1.62. The van der Waals surface area contributed by atoms with E-state index in [9.17, 15) is 0 Å². The van der Waals surface area contributed by atoms with Gasteiger partial charge < -0.3 is 0 Å². The minimum atomic E-state index is -1.51. The summed E-state index contributed by atoms with van der Waals surface area (Å²) in [7, 11) is 0. The molecule has 0 unspecified atom stereocenters. The van der Waals surface area contributed by atoms with Crippen molar-refractivity contribution < 1.29 is 10.8 Å². The van der Waals surface area contributed by atoms with E-state index in [0.717, 1.165) is 0 Å². The van der Waals surface area contributed by atoms with Crippen molar-refractivity contribution in [1.29, 1.82) is 0 Å². The van der Waals surface area contributed by atoms with Gasteiger partial charge in [-0.3, -0.25) is 0 Å². The van der Waals surface area contributed by atoms with Crippen LogP contribution in [0.1, 0.15) is 15.2 Å². The zero-order valence-corrected chi connectivity index (χ0v) is 11.2. The first-order valence-corrected chi connectivity index (χ1v) is 6.93. The molecule has 0 aliphatic carbocycles. The van der Waals surface area contributed by atoms with Gasteiger partial charge in [0.2, 0.25) is 0 Å². The summed E-state index contributed by atoms with van der Waals surface area (Å²) in [5, 5.41) is 0. The molecule has 1 aromatic rings. The van der Waals surface area contributed by atoms with Gasteiger partial charge in [0.05, 0.1) is 0 Å². The minimum absolute atomic E-state index is 0.0295. The van der Waals surface area contributed by atoms with Crippen LogP contribution in [0.4, 0.5) is 0 Å². The molecule has 0 heterocycles. The van der Waals surface area contributed by atoms with Gasteiger partial charge in [-0.15, -0.1) is 0 Å². The summed E-state index contributed by atoms with van der Waals surface area (Å²) < 4.78 is 19.4. The van der Waals surface area contributed by atoms with Crippen molar-refractivity contribution in [3.05, 3.63) is 30.3 Å². The van der Waals surface area contributed by atoms with Gasteiger partial charge in [-0.1, -0.05) is 0 Å². The summed E-state index contributed by atoms with van der Waals surface area (Å²) in [4.78, 5) is 2.99. The van der Waals surface area contributed by atoms with Gasteiger partial charge >= 0.3 is 105 Å². The van der Waals surface area contributed by atoms with E-state index in [1.165, 1.54) is 4.46 Å². The number of benzene rings is 1. The van der Waals surface area contributed by atoms with E-state index in [2.05, 4.69) is 10.7 Å². The summed E-state index contributed by atoms with van der Waals surface area (Å²) in [5.74, 6) is 2.75. The van der Waals surface area contributed by atoms with Gasteiger partial charge in [-0.25, -0.2) is 0 Å². The van der Waals surface area contributed by atoms with Gasteiger partial charge in [0.1, 0.15) is 0 Å². The van der Waals surface area contributed by atoms with E-state index in [1.807, 2.05) is 44.2 Å². The van der Waals surface area contributed by atoms with E-state index in [0.29, 0.717) is 13.2 Å². The number of ether oxygens (including phenoxy) is 2. The average molecular weight is 284 g/mol. The van der Waals surface area contributed by atoms with Crippen molar-refractivity contribution in [1.82, 2.24) is 0 Å². The molecule has 2 nitrogen and oxygen atoms in total. The second kappa shape index (κ2) is 8.38. The van der Waals surface area contributed by atoms with E-state index in [-0.39, 0.29) is 15.0 Å². The predicted octanol–water partition coefficient (Wildman–Crippen LogP) is 1.38. The standard InChI is InChI=1S/C13H16O2Se/c1-3-14-13(15-4-2)10-11-16-12-8-6-5-7-9-12/h5-9,13H,3-4H2,1-2H3/i13D. The third-order valence-corrected chi connectivity index (χ3v) is 3.11. The SMILES string of the molecule is [2H]C(C#C[Se]c1ccccc1)(OCC)OCC. The summed E-state index contributed by atoms with van der Waals surface area (Å²) in [5.41, 5.74) is 0. The molecule has 0 aromatic heterocycles. The number of hydrogen-bond donors (Lipinski definition) is 0. The molecule has 0 aliphatic heterocycles. The normalized spacial score (nSPS) is 11.5. The molecule has 0 atom stereocenters. The van der Waals surface area contributed by atoms with E-state index in [1.54, 1.807) is 0 Å². The van der Waals surface area contributed by atoms with Crippen molar-refractivity contribution in [2.75, 3.05) is 13.2 Å². The molecule has 86 valence electrons. The molecule has 1 aromatic carbocycles. The Morgan fingerprint density at radius 2 is 1.88 bits per heavy atom. The summed E-state index contributed by atoms with van der Waals surface area (Å²) >= 11 is 0.0295. The fourth-order valence-corrected chi connectivity index (χ4v) is 2.14. The Bertz CT molecular complexity index is 377. The molecule has 0 spiro atoms. The van der Waals surface area contributed by atoms with Crippen LogP contribution in [0.2, 0.25) is 0 Å². The van der Waals surface area contributed by atoms with Gasteiger partial charge in [-0.05, 0) is 0 Å². The van der Waals surface area contributed by atoms with Gasteiger partial charge in [0.25, 0.3) is 0 Å².